The number of hydrogen-bond acceptors (Lipinski definition) is 4. The Balaban J connectivity index is 1.39. The third-order valence-electron chi connectivity index (χ3n) is 4.57. The van der Waals surface area contributed by atoms with E-state index in [1.54, 1.807) is 18.3 Å². The summed E-state index contributed by atoms with van der Waals surface area (Å²) in [4.78, 5) is 13.2. The molecule has 0 radical (unpaired) electrons. The summed E-state index contributed by atoms with van der Waals surface area (Å²) >= 11 is 13.6. The zero-order valence-electron chi connectivity index (χ0n) is 16.9. The summed E-state index contributed by atoms with van der Waals surface area (Å²) in [5.74, 6) is 0.287. The van der Waals surface area contributed by atoms with Gasteiger partial charge in [0.15, 0.2) is 5.82 Å². The molecule has 2 aromatic carbocycles. The van der Waals surface area contributed by atoms with Crippen LogP contribution in [0.25, 0.3) is 0 Å². The molecule has 0 aliphatic rings. The molecule has 0 atom stereocenters. The lowest BCUT2D eigenvalue weighted by Gasteiger charge is -2.05. The monoisotopic (exact) mass is 489 g/mol. The van der Waals surface area contributed by atoms with Crippen molar-refractivity contribution in [3.05, 3.63) is 97.5 Å². The predicted octanol–water partition coefficient (Wildman–Crippen LogP) is 6.58. The van der Waals surface area contributed by atoms with Crippen LogP contribution in [0, 0.1) is 12.7 Å². The second-order valence-electron chi connectivity index (χ2n) is 7.14. The molecule has 1 amide bonds. The first kappa shape index (κ1) is 22.3. The third kappa shape index (κ3) is 5.48. The summed E-state index contributed by atoms with van der Waals surface area (Å²) in [5, 5.41) is 9.49. The number of carbonyl (C=O) groups excluding carboxylic acids is 1. The molecule has 0 saturated carbocycles. The standard InChI is InChI=1S/C23H18Cl2FN3O2S/c1-14-3-2-4-18(7-14)31-12-15-8-21(32-13-15)23(30)27-22-20(25)11-29(28-22)10-16-5-6-17(26)9-19(16)24/h2-9,11,13H,10,12H2,1H3,(H,27,28,30). The maximum atomic E-state index is 13.2. The lowest BCUT2D eigenvalue weighted by atomic mass is 10.2. The number of nitrogens with one attached hydrogen (secondary N) is 1. The molecule has 1 N–H and O–H groups in total. The van der Waals surface area contributed by atoms with Crippen molar-refractivity contribution < 1.29 is 13.9 Å². The van der Waals surface area contributed by atoms with E-state index in [4.69, 9.17) is 27.9 Å². The van der Waals surface area contributed by atoms with Gasteiger partial charge in [-0.25, -0.2) is 4.39 Å². The highest BCUT2D eigenvalue weighted by atomic mass is 35.5. The minimum Gasteiger partial charge on any atom is -0.489 e. The number of thiophene rings is 1. The highest BCUT2D eigenvalue weighted by molar-refractivity contribution is 7.12. The zero-order valence-corrected chi connectivity index (χ0v) is 19.3. The molecule has 0 fully saturated rings. The second kappa shape index (κ2) is 9.73. The van der Waals surface area contributed by atoms with Gasteiger partial charge in [-0.15, -0.1) is 11.3 Å². The summed E-state index contributed by atoms with van der Waals surface area (Å²) in [5.41, 5.74) is 2.69. The average Bonchev–Trinajstić information content (AvgIpc) is 3.35. The highest BCUT2D eigenvalue weighted by Crippen LogP contribution is 2.25. The molecule has 9 heteroatoms. The fraction of sp³-hybridized carbons (Fsp3) is 0.130. The van der Waals surface area contributed by atoms with Gasteiger partial charge >= 0.3 is 0 Å². The molecular formula is C23H18Cl2FN3O2S. The third-order valence-corrected chi connectivity index (χ3v) is 6.18. The molecule has 32 heavy (non-hydrogen) atoms. The Morgan fingerprint density at radius 2 is 2.03 bits per heavy atom. The maximum absolute atomic E-state index is 13.2. The van der Waals surface area contributed by atoms with Crippen molar-refractivity contribution in [1.82, 2.24) is 9.78 Å². The number of hydrogen-bond donors (Lipinski definition) is 1. The maximum Gasteiger partial charge on any atom is 0.266 e. The first-order chi connectivity index (χ1) is 15.4. The zero-order chi connectivity index (χ0) is 22.7. The fourth-order valence-corrected chi connectivity index (χ4v) is 4.22. The van der Waals surface area contributed by atoms with Gasteiger partial charge in [-0.3, -0.25) is 9.48 Å². The van der Waals surface area contributed by atoms with E-state index >= 15 is 0 Å². The number of amides is 1. The lowest BCUT2D eigenvalue weighted by molar-refractivity contribution is 0.103. The van der Waals surface area contributed by atoms with Gasteiger partial charge in [0, 0.05) is 16.8 Å². The van der Waals surface area contributed by atoms with Crippen LogP contribution in [0.15, 0.2) is 60.1 Å². The highest BCUT2D eigenvalue weighted by Gasteiger charge is 2.15. The van der Waals surface area contributed by atoms with Crippen molar-refractivity contribution in [1.29, 1.82) is 0 Å². The van der Waals surface area contributed by atoms with Gasteiger partial charge in [0.25, 0.3) is 5.91 Å². The number of aryl methyl sites for hydroxylation is 1. The summed E-state index contributed by atoms with van der Waals surface area (Å²) < 4.78 is 20.5. The van der Waals surface area contributed by atoms with E-state index in [2.05, 4.69) is 10.4 Å². The number of aromatic nitrogens is 2. The predicted molar refractivity (Wildman–Crippen MR) is 126 cm³/mol. The van der Waals surface area contributed by atoms with Gasteiger partial charge in [0.2, 0.25) is 0 Å². The number of ether oxygens (including phenoxy) is 1. The van der Waals surface area contributed by atoms with E-state index in [9.17, 15) is 9.18 Å². The van der Waals surface area contributed by atoms with E-state index in [1.165, 1.54) is 28.2 Å². The lowest BCUT2D eigenvalue weighted by Crippen LogP contribution is -2.12. The molecule has 0 aliphatic heterocycles. The number of benzene rings is 2. The Hall–Kier alpha value is -2.87. The molecule has 4 aromatic rings. The minimum absolute atomic E-state index is 0.237. The van der Waals surface area contributed by atoms with Gasteiger partial charge in [0.05, 0.1) is 11.4 Å². The number of carbonyl (C=O) groups is 1. The molecule has 0 aliphatic carbocycles. The summed E-state index contributed by atoms with van der Waals surface area (Å²) in [7, 11) is 0. The van der Waals surface area contributed by atoms with Crippen molar-refractivity contribution in [3.63, 3.8) is 0 Å². The Labute approximate surface area is 198 Å². The summed E-state index contributed by atoms with van der Waals surface area (Å²) in [6, 6.07) is 13.7. The van der Waals surface area contributed by atoms with Crippen molar-refractivity contribution in [2.24, 2.45) is 0 Å². The van der Waals surface area contributed by atoms with Gasteiger partial charge < -0.3 is 10.1 Å². The molecule has 0 spiro atoms. The van der Waals surface area contributed by atoms with Crippen LogP contribution in [0.5, 0.6) is 5.75 Å². The molecule has 5 nitrogen and oxygen atoms in total. The molecule has 164 valence electrons. The first-order valence-corrected chi connectivity index (χ1v) is 11.3. The molecule has 2 aromatic heterocycles. The molecule has 4 rings (SSSR count). The van der Waals surface area contributed by atoms with Crippen LogP contribution in [0.3, 0.4) is 0 Å². The molecule has 0 unspecified atom stereocenters. The topological polar surface area (TPSA) is 56.1 Å². The van der Waals surface area contributed by atoms with E-state index in [0.29, 0.717) is 22.1 Å². The molecule has 0 bridgehead atoms. The van der Waals surface area contributed by atoms with Crippen LogP contribution in [0.4, 0.5) is 10.2 Å². The van der Waals surface area contributed by atoms with Crippen LogP contribution in [0.2, 0.25) is 10.0 Å². The van der Waals surface area contributed by atoms with Gasteiger partial charge in [-0.1, -0.05) is 41.4 Å². The normalized spacial score (nSPS) is 10.9. The largest absolute Gasteiger partial charge is 0.489 e. The van der Waals surface area contributed by atoms with Crippen molar-refractivity contribution in [2.45, 2.75) is 20.1 Å². The molecule has 0 saturated heterocycles. The van der Waals surface area contributed by atoms with Gasteiger partial charge in [-0.2, -0.15) is 5.10 Å². The Bertz CT molecular complexity index is 1270. The van der Waals surface area contributed by atoms with Crippen LogP contribution >= 0.6 is 34.5 Å². The fourth-order valence-electron chi connectivity index (χ4n) is 3.00. The quantitative estimate of drug-likeness (QED) is 0.319. The van der Waals surface area contributed by atoms with Crippen LogP contribution in [-0.2, 0) is 13.2 Å². The van der Waals surface area contributed by atoms with E-state index in [0.717, 1.165) is 16.9 Å². The van der Waals surface area contributed by atoms with E-state index in [1.807, 2.05) is 36.6 Å². The summed E-state index contributed by atoms with van der Waals surface area (Å²) in [6.07, 6.45) is 1.58. The van der Waals surface area contributed by atoms with Crippen LogP contribution < -0.4 is 10.1 Å². The van der Waals surface area contributed by atoms with Gasteiger partial charge in [-0.05, 0) is 53.8 Å². The number of halogens is 3. The smallest absolute Gasteiger partial charge is 0.266 e. The van der Waals surface area contributed by atoms with Crippen LogP contribution in [0.1, 0.15) is 26.4 Å². The summed E-state index contributed by atoms with van der Waals surface area (Å²) in [6.45, 7) is 2.65. The SMILES string of the molecule is Cc1cccc(OCc2csc(C(=O)Nc3nn(Cc4ccc(F)cc4Cl)cc3Cl)c2)c1. The van der Waals surface area contributed by atoms with Crippen LogP contribution in [-0.4, -0.2) is 15.7 Å². The Kier molecular flexibility index (Phi) is 6.79. The Morgan fingerprint density at radius 1 is 1.19 bits per heavy atom. The number of anilines is 1. The van der Waals surface area contributed by atoms with E-state index < -0.39 is 5.82 Å². The number of rotatable bonds is 7. The molecule has 2 heterocycles. The number of nitrogens with zero attached hydrogens (tertiary/aromatic N) is 2. The van der Waals surface area contributed by atoms with E-state index in [-0.39, 0.29) is 23.3 Å². The molecular weight excluding hydrogens is 472 g/mol. The van der Waals surface area contributed by atoms with Crippen molar-refractivity contribution >= 4 is 46.3 Å². The second-order valence-corrected chi connectivity index (χ2v) is 8.86. The first-order valence-electron chi connectivity index (χ1n) is 9.62. The van der Waals surface area contributed by atoms with Crippen molar-refractivity contribution in [3.8, 4) is 5.75 Å². The van der Waals surface area contributed by atoms with Gasteiger partial charge in [0.1, 0.15) is 23.2 Å². The van der Waals surface area contributed by atoms with Crippen molar-refractivity contribution in [2.75, 3.05) is 5.32 Å². The Morgan fingerprint density at radius 3 is 2.81 bits per heavy atom. The minimum atomic E-state index is -0.412. The average molecular weight is 490 g/mol.